The summed E-state index contributed by atoms with van der Waals surface area (Å²) in [4.78, 5) is 21.5. The summed E-state index contributed by atoms with van der Waals surface area (Å²) in [5, 5.41) is 6.16. The predicted octanol–water partition coefficient (Wildman–Crippen LogP) is 2.91. The minimum Gasteiger partial charge on any atom is -0.346 e. The van der Waals surface area contributed by atoms with Crippen molar-refractivity contribution in [3.63, 3.8) is 0 Å². The molecule has 0 saturated carbocycles. The number of nitrogens with one attached hydrogen (secondary N) is 1. The van der Waals surface area contributed by atoms with Crippen LogP contribution >= 0.6 is 11.3 Å². The molecule has 0 spiro atoms. The summed E-state index contributed by atoms with van der Waals surface area (Å²) in [5.74, 6) is 0.0615. The Morgan fingerprint density at radius 1 is 1.25 bits per heavy atom. The van der Waals surface area contributed by atoms with Gasteiger partial charge in [-0.05, 0) is 38.0 Å². The molecule has 6 heteroatoms. The fourth-order valence-corrected chi connectivity index (χ4v) is 3.64. The number of aromatic nitrogens is 1. The van der Waals surface area contributed by atoms with E-state index >= 15 is 0 Å². The molecule has 1 aliphatic rings. The zero-order valence-corrected chi connectivity index (χ0v) is 15.3. The van der Waals surface area contributed by atoms with Crippen molar-refractivity contribution in [1.29, 1.82) is 0 Å². The molecule has 1 aliphatic heterocycles. The highest BCUT2D eigenvalue weighted by molar-refractivity contribution is 7.13. The van der Waals surface area contributed by atoms with Gasteiger partial charge in [0.25, 0.3) is 0 Å². The molecule has 1 aromatic carbocycles. The molecule has 1 aromatic heterocycles. The Morgan fingerprint density at radius 3 is 2.67 bits per heavy atom. The number of amides is 1. The first-order valence-electron chi connectivity index (χ1n) is 8.31. The number of carbonyl (C=O) groups excluding carboxylic acids is 1. The molecule has 5 nitrogen and oxygen atoms in total. The lowest BCUT2D eigenvalue weighted by molar-refractivity contribution is -0.120. The zero-order valence-electron chi connectivity index (χ0n) is 14.5. The number of hydrogen-bond donors (Lipinski definition) is 1. The maximum Gasteiger partial charge on any atom is 0.241 e. The number of rotatable bonds is 4. The van der Waals surface area contributed by atoms with Gasteiger partial charge in [0.05, 0.1) is 6.04 Å². The van der Waals surface area contributed by atoms with E-state index in [2.05, 4.69) is 26.2 Å². The van der Waals surface area contributed by atoms with E-state index in [-0.39, 0.29) is 11.9 Å². The SMILES string of the molecule is Cc1ccc(C)c(NC(=O)[C@H](C)N2CCN(c3nccs3)CC2)c1. The molecule has 2 aromatic rings. The fraction of sp³-hybridized carbons (Fsp3) is 0.444. The van der Waals surface area contributed by atoms with Gasteiger partial charge >= 0.3 is 0 Å². The van der Waals surface area contributed by atoms with E-state index in [0.717, 1.165) is 48.1 Å². The Hall–Kier alpha value is -1.92. The highest BCUT2D eigenvalue weighted by atomic mass is 32.1. The quantitative estimate of drug-likeness (QED) is 0.926. The summed E-state index contributed by atoms with van der Waals surface area (Å²) in [6.07, 6.45) is 1.84. The minimum absolute atomic E-state index is 0.0615. The summed E-state index contributed by atoms with van der Waals surface area (Å²) in [6.45, 7) is 9.62. The van der Waals surface area contributed by atoms with Crippen LogP contribution in [0.2, 0.25) is 0 Å². The van der Waals surface area contributed by atoms with Gasteiger partial charge in [0.15, 0.2) is 5.13 Å². The largest absolute Gasteiger partial charge is 0.346 e. The van der Waals surface area contributed by atoms with Gasteiger partial charge in [-0.15, -0.1) is 11.3 Å². The van der Waals surface area contributed by atoms with E-state index in [9.17, 15) is 4.79 Å². The van der Waals surface area contributed by atoms with Crippen molar-refractivity contribution in [2.24, 2.45) is 0 Å². The molecule has 0 bridgehead atoms. The number of hydrogen-bond acceptors (Lipinski definition) is 5. The molecule has 0 unspecified atom stereocenters. The standard InChI is InChI=1S/C18H24N4OS/c1-13-4-5-14(2)16(12-13)20-17(23)15(3)21-7-9-22(10-8-21)18-19-6-11-24-18/h4-6,11-12,15H,7-10H2,1-3H3,(H,20,23)/t15-/m0/s1. The molecular weight excluding hydrogens is 320 g/mol. The summed E-state index contributed by atoms with van der Waals surface area (Å²) in [7, 11) is 0. The third kappa shape index (κ3) is 3.76. The van der Waals surface area contributed by atoms with Crippen LogP contribution in [-0.2, 0) is 4.79 Å². The van der Waals surface area contributed by atoms with Gasteiger partial charge in [-0.25, -0.2) is 4.98 Å². The molecule has 3 rings (SSSR count). The van der Waals surface area contributed by atoms with E-state index in [1.807, 2.05) is 44.5 Å². The first kappa shape index (κ1) is 16.9. The Balaban J connectivity index is 1.57. The van der Waals surface area contributed by atoms with Gasteiger partial charge in [-0.1, -0.05) is 12.1 Å². The number of thiazole rings is 1. The normalized spacial score (nSPS) is 16.9. The van der Waals surface area contributed by atoms with Crippen molar-refractivity contribution in [2.45, 2.75) is 26.8 Å². The highest BCUT2D eigenvalue weighted by Gasteiger charge is 2.26. The summed E-state index contributed by atoms with van der Waals surface area (Å²) in [5.41, 5.74) is 3.16. The monoisotopic (exact) mass is 344 g/mol. The van der Waals surface area contributed by atoms with Gasteiger partial charge < -0.3 is 10.2 Å². The second kappa shape index (κ2) is 7.32. The van der Waals surface area contributed by atoms with Gasteiger partial charge in [-0.3, -0.25) is 9.69 Å². The molecule has 1 N–H and O–H groups in total. The number of aryl methyl sites for hydroxylation is 2. The van der Waals surface area contributed by atoms with Gasteiger partial charge in [0.2, 0.25) is 5.91 Å². The van der Waals surface area contributed by atoms with E-state index in [0.29, 0.717) is 0 Å². The third-order valence-corrected chi connectivity index (χ3v) is 5.41. The van der Waals surface area contributed by atoms with E-state index in [1.165, 1.54) is 0 Å². The van der Waals surface area contributed by atoms with Crippen molar-refractivity contribution in [3.8, 4) is 0 Å². The molecular formula is C18H24N4OS. The fourth-order valence-electron chi connectivity index (χ4n) is 2.95. The molecule has 1 amide bonds. The van der Waals surface area contributed by atoms with Crippen LogP contribution in [0.3, 0.4) is 0 Å². The zero-order chi connectivity index (χ0) is 17.1. The van der Waals surface area contributed by atoms with E-state index in [1.54, 1.807) is 11.3 Å². The average Bonchev–Trinajstić information content (AvgIpc) is 3.12. The topological polar surface area (TPSA) is 48.5 Å². The minimum atomic E-state index is -0.136. The molecule has 24 heavy (non-hydrogen) atoms. The maximum absolute atomic E-state index is 12.6. The van der Waals surface area contributed by atoms with Gasteiger partial charge in [0, 0.05) is 43.4 Å². The van der Waals surface area contributed by atoms with Crippen LogP contribution in [0, 0.1) is 13.8 Å². The third-order valence-electron chi connectivity index (χ3n) is 4.58. The van der Waals surface area contributed by atoms with Crippen LogP contribution in [0.25, 0.3) is 0 Å². The average molecular weight is 344 g/mol. The maximum atomic E-state index is 12.6. The smallest absolute Gasteiger partial charge is 0.241 e. The highest BCUT2D eigenvalue weighted by Crippen LogP contribution is 2.21. The van der Waals surface area contributed by atoms with Crippen molar-refractivity contribution in [1.82, 2.24) is 9.88 Å². The molecule has 1 fully saturated rings. The lowest BCUT2D eigenvalue weighted by Crippen LogP contribution is -2.52. The van der Waals surface area contributed by atoms with Gasteiger partial charge in [0.1, 0.15) is 0 Å². The Kier molecular flexibility index (Phi) is 5.16. The van der Waals surface area contributed by atoms with Crippen LogP contribution in [0.1, 0.15) is 18.1 Å². The van der Waals surface area contributed by atoms with Crippen molar-refractivity contribution in [3.05, 3.63) is 40.9 Å². The molecule has 1 saturated heterocycles. The van der Waals surface area contributed by atoms with Crippen LogP contribution in [0.5, 0.6) is 0 Å². The molecule has 0 radical (unpaired) electrons. The van der Waals surface area contributed by atoms with Gasteiger partial charge in [-0.2, -0.15) is 0 Å². The molecule has 1 atom stereocenters. The molecule has 128 valence electrons. The first-order chi connectivity index (χ1) is 11.5. The Bertz CT molecular complexity index is 693. The summed E-state index contributed by atoms with van der Waals surface area (Å²) >= 11 is 1.67. The van der Waals surface area contributed by atoms with E-state index in [4.69, 9.17) is 0 Å². The number of piperazine rings is 1. The second-order valence-electron chi connectivity index (χ2n) is 6.32. The number of carbonyl (C=O) groups is 1. The number of benzene rings is 1. The first-order valence-corrected chi connectivity index (χ1v) is 9.19. The Morgan fingerprint density at radius 2 is 2.00 bits per heavy atom. The predicted molar refractivity (Wildman–Crippen MR) is 99.9 cm³/mol. The van der Waals surface area contributed by atoms with E-state index < -0.39 is 0 Å². The molecule has 2 heterocycles. The lowest BCUT2D eigenvalue weighted by Gasteiger charge is -2.37. The molecule has 0 aliphatic carbocycles. The summed E-state index contributed by atoms with van der Waals surface area (Å²) in [6, 6.07) is 6.00. The number of anilines is 2. The van der Waals surface area contributed by atoms with Crippen molar-refractivity contribution < 1.29 is 4.79 Å². The van der Waals surface area contributed by atoms with Crippen LogP contribution < -0.4 is 10.2 Å². The van der Waals surface area contributed by atoms with Crippen LogP contribution in [0.15, 0.2) is 29.8 Å². The van der Waals surface area contributed by atoms with Crippen LogP contribution in [-0.4, -0.2) is 48.0 Å². The summed E-state index contributed by atoms with van der Waals surface area (Å²) < 4.78 is 0. The van der Waals surface area contributed by atoms with Crippen molar-refractivity contribution in [2.75, 3.05) is 36.4 Å². The lowest BCUT2D eigenvalue weighted by atomic mass is 10.1. The Labute approximate surface area is 147 Å². The number of nitrogens with zero attached hydrogens (tertiary/aromatic N) is 3. The second-order valence-corrected chi connectivity index (χ2v) is 7.19. The van der Waals surface area contributed by atoms with Crippen molar-refractivity contribution >= 4 is 28.1 Å². The van der Waals surface area contributed by atoms with Crippen LogP contribution in [0.4, 0.5) is 10.8 Å².